The molecule has 0 aromatic heterocycles. The Bertz CT molecular complexity index is 380. The van der Waals surface area contributed by atoms with E-state index in [0.29, 0.717) is 12.5 Å². The van der Waals surface area contributed by atoms with Gasteiger partial charge in [-0.25, -0.2) is 0 Å². The molecular formula is C17H34N4O3. The second kappa shape index (κ2) is 10.2. The highest BCUT2D eigenvalue weighted by Crippen LogP contribution is 2.31. The Labute approximate surface area is 145 Å². The zero-order valence-electron chi connectivity index (χ0n) is 15.2. The van der Waals surface area contributed by atoms with Crippen LogP contribution in [0.15, 0.2) is 4.99 Å². The second-order valence-electron chi connectivity index (χ2n) is 7.10. The van der Waals surface area contributed by atoms with E-state index in [2.05, 4.69) is 27.4 Å². The number of aliphatic hydroxyl groups excluding tert-OH is 1. The molecule has 2 saturated heterocycles. The van der Waals surface area contributed by atoms with E-state index in [1.165, 1.54) is 0 Å². The van der Waals surface area contributed by atoms with Crippen molar-refractivity contribution in [3.8, 4) is 0 Å². The molecule has 0 aromatic carbocycles. The number of nitrogens with one attached hydrogen (secondary N) is 2. The first-order chi connectivity index (χ1) is 11.7. The first kappa shape index (κ1) is 19.4. The molecule has 7 nitrogen and oxygen atoms in total. The summed E-state index contributed by atoms with van der Waals surface area (Å²) in [7, 11) is 1.80. The van der Waals surface area contributed by atoms with Gasteiger partial charge in [-0.05, 0) is 18.8 Å². The number of nitrogens with zero attached hydrogens (tertiary/aromatic N) is 2. The van der Waals surface area contributed by atoms with Gasteiger partial charge in [-0.1, -0.05) is 6.92 Å². The lowest BCUT2D eigenvalue weighted by Gasteiger charge is -2.30. The fourth-order valence-corrected chi connectivity index (χ4v) is 3.36. The largest absolute Gasteiger partial charge is 0.396 e. The third kappa shape index (κ3) is 6.20. The van der Waals surface area contributed by atoms with Crippen molar-refractivity contribution in [2.75, 3.05) is 72.8 Å². The first-order valence-electron chi connectivity index (χ1n) is 9.11. The van der Waals surface area contributed by atoms with Gasteiger partial charge in [0.2, 0.25) is 0 Å². The Morgan fingerprint density at radius 3 is 2.67 bits per heavy atom. The molecule has 2 atom stereocenters. The van der Waals surface area contributed by atoms with Gasteiger partial charge < -0.3 is 25.2 Å². The third-order valence-corrected chi connectivity index (χ3v) is 4.97. The molecule has 2 rings (SSSR count). The van der Waals surface area contributed by atoms with Crippen LogP contribution in [0.4, 0.5) is 0 Å². The number of rotatable bonds is 8. The van der Waals surface area contributed by atoms with Crippen LogP contribution in [0.1, 0.15) is 19.8 Å². The van der Waals surface area contributed by atoms with Crippen molar-refractivity contribution in [3.63, 3.8) is 0 Å². The molecule has 2 aliphatic rings. The Balaban J connectivity index is 1.69. The van der Waals surface area contributed by atoms with E-state index in [1.807, 2.05) is 0 Å². The van der Waals surface area contributed by atoms with Crippen molar-refractivity contribution >= 4 is 5.96 Å². The highest BCUT2D eigenvalue weighted by Gasteiger charge is 2.34. The number of hydrogen-bond acceptors (Lipinski definition) is 5. The number of aliphatic imine (C=N–C) groups is 1. The average Bonchev–Trinajstić information content (AvgIpc) is 3.05. The summed E-state index contributed by atoms with van der Waals surface area (Å²) in [5.74, 6) is 1.37. The Hall–Kier alpha value is -0.890. The quantitative estimate of drug-likeness (QED) is 0.423. The molecule has 0 radical (unpaired) electrons. The van der Waals surface area contributed by atoms with Gasteiger partial charge in [-0.3, -0.25) is 9.89 Å². The zero-order valence-corrected chi connectivity index (χ0v) is 15.2. The van der Waals surface area contributed by atoms with Crippen LogP contribution in [0.25, 0.3) is 0 Å². The van der Waals surface area contributed by atoms with Crippen LogP contribution in [0.3, 0.4) is 0 Å². The molecule has 0 spiro atoms. The summed E-state index contributed by atoms with van der Waals surface area (Å²) in [6.07, 6.45) is 1.76. The van der Waals surface area contributed by atoms with Crippen LogP contribution in [0.2, 0.25) is 0 Å². The SMILES string of the molecule is CN=C(NCC(C)CN1CCOCC1)NCC1(CCO)CCOC1. The fourth-order valence-electron chi connectivity index (χ4n) is 3.36. The molecular weight excluding hydrogens is 308 g/mol. The Morgan fingerprint density at radius 2 is 2.04 bits per heavy atom. The van der Waals surface area contributed by atoms with E-state index in [-0.39, 0.29) is 12.0 Å². The normalized spacial score (nSPS) is 27.2. The number of aliphatic hydroxyl groups is 1. The molecule has 2 unspecified atom stereocenters. The predicted molar refractivity (Wildman–Crippen MR) is 95.4 cm³/mol. The lowest BCUT2D eigenvalue weighted by Crippen LogP contribution is -2.47. The van der Waals surface area contributed by atoms with Crippen LogP contribution in [0, 0.1) is 11.3 Å². The number of guanidine groups is 1. The van der Waals surface area contributed by atoms with Crippen LogP contribution >= 0.6 is 0 Å². The molecule has 24 heavy (non-hydrogen) atoms. The van der Waals surface area contributed by atoms with E-state index in [4.69, 9.17) is 9.47 Å². The highest BCUT2D eigenvalue weighted by molar-refractivity contribution is 5.79. The van der Waals surface area contributed by atoms with Crippen molar-refractivity contribution in [3.05, 3.63) is 0 Å². The maximum Gasteiger partial charge on any atom is 0.191 e. The van der Waals surface area contributed by atoms with Gasteiger partial charge in [-0.15, -0.1) is 0 Å². The fraction of sp³-hybridized carbons (Fsp3) is 0.941. The van der Waals surface area contributed by atoms with Gasteiger partial charge in [0, 0.05) is 58.4 Å². The predicted octanol–water partition coefficient (Wildman–Crippen LogP) is -0.0912. The van der Waals surface area contributed by atoms with E-state index in [1.54, 1.807) is 7.05 Å². The van der Waals surface area contributed by atoms with Crippen LogP contribution < -0.4 is 10.6 Å². The monoisotopic (exact) mass is 342 g/mol. The van der Waals surface area contributed by atoms with Crippen molar-refractivity contribution < 1.29 is 14.6 Å². The zero-order chi connectivity index (χ0) is 17.3. The Kier molecular flexibility index (Phi) is 8.24. The van der Waals surface area contributed by atoms with E-state index in [0.717, 1.165) is 71.3 Å². The maximum absolute atomic E-state index is 9.30. The van der Waals surface area contributed by atoms with E-state index >= 15 is 0 Å². The lowest BCUT2D eigenvalue weighted by molar-refractivity contribution is 0.0320. The highest BCUT2D eigenvalue weighted by atomic mass is 16.5. The number of hydrogen-bond donors (Lipinski definition) is 3. The first-order valence-corrected chi connectivity index (χ1v) is 9.11. The van der Waals surface area contributed by atoms with Gasteiger partial charge in [-0.2, -0.15) is 0 Å². The molecule has 0 aliphatic carbocycles. The van der Waals surface area contributed by atoms with Crippen LogP contribution in [-0.2, 0) is 9.47 Å². The molecule has 0 aromatic rings. The minimum Gasteiger partial charge on any atom is -0.396 e. The van der Waals surface area contributed by atoms with E-state index < -0.39 is 0 Å². The number of morpholine rings is 1. The molecule has 2 heterocycles. The maximum atomic E-state index is 9.30. The smallest absolute Gasteiger partial charge is 0.191 e. The summed E-state index contributed by atoms with van der Waals surface area (Å²) >= 11 is 0. The third-order valence-electron chi connectivity index (χ3n) is 4.97. The van der Waals surface area contributed by atoms with Gasteiger partial charge >= 0.3 is 0 Å². The summed E-state index contributed by atoms with van der Waals surface area (Å²) in [5.41, 5.74) is 0.0335. The van der Waals surface area contributed by atoms with Crippen LogP contribution in [-0.4, -0.2) is 88.8 Å². The lowest BCUT2D eigenvalue weighted by atomic mass is 9.84. The van der Waals surface area contributed by atoms with Crippen molar-refractivity contribution in [1.29, 1.82) is 0 Å². The van der Waals surface area contributed by atoms with Gasteiger partial charge in [0.1, 0.15) is 0 Å². The Morgan fingerprint density at radius 1 is 1.25 bits per heavy atom. The standard InChI is InChI=1S/C17H34N4O3/c1-15(12-21-5-9-23-10-6-21)11-19-16(18-2)20-13-17(3-7-22)4-8-24-14-17/h15,22H,3-14H2,1-2H3,(H2,18,19,20). The minimum absolute atomic E-state index is 0.0335. The van der Waals surface area contributed by atoms with Crippen LogP contribution in [0.5, 0.6) is 0 Å². The molecule has 2 aliphatic heterocycles. The average molecular weight is 342 g/mol. The summed E-state index contributed by atoms with van der Waals surface area (Å²) in [6, 6.07) is 0. The van der Waals surface area contributed by atoms with Crippen molar-refractivity contribution in [1.82, 2.24) is 15.5 Å². The van der Waals surface area contributed by atoms with Gasteiger partial charge in [0.25, 0.3) is 0 Å². The summed E-state index contributed by atoms with van der Waals surface area (Å²) in [5, 5.41) is 16.1. The molecule has 3 N–H and O–H groups in total. The van der Waals surface area contributed by atoms with Gasteiger partial charge in [0.15, 0.2) is 5.96 Å². The van der Waals surface area contributed by atoms with Gasteiger partial charge in [0.05, 0.1) is 19.8 Å². The minimum atomic E-state index is 0.0335. The molecule has 7 heteroatoms. The van der Waals surface area contributed by atoms with Crippen molar-refractivity contribution in [2.24, 2.45) is 16.3 Å². The topological polar surface area (TPSA) is 78.4 Å². The number of ether oxygens (including phenoxy) is 2. The van der Waals surface area contributed by atoms with E-state index in [9.17, 15) is 5.11 Å². The molecule has 0 bridgehead atoms. The summed E-state index contributed by atoms with van der Waals surface area (Å²) < 4.78 is 10.9. The van der Waals surface area contributed by atoms with Crippen molar-refractivity contribution in [2.45, 2.75) is 19.8 Å². The molecule has 140 valence electrons. The summed E-state index contributed by atoms with van der Waals surface area (Å²) in [6.45, 7) is 10.5. The summed E-state index contributed by atoms with van der Waals surface area (Å²) in [4.78, 5) is 6.77. The molecule has 2 fully saturated rings. The molecule has 0 saturated carbocycles. The second-order valence-corrected chi connectivity index (χ2v) is 7.10. The molecule has 0 amide bonds.